The van der Waals surface area contributed by atoms with Crippen molar-refractivity contribution in [2.75, 3.05) is 6.61 Å². The molecule has 1 rings (SSSR count). The molecular weight excluding hydrogens is 244 g/mol. The number of ether oxygens (including phenoxy) is 1. The van der Waals surface area contributed by atoms with E-state index in [2.05, 4.69) is 0 Å². The zero-order valence-corrected chi connectivity index (χ0v) is 10.4. The maximum atomic E-state index is 11.5. The third-order valence-corrected chi connectivity index (χ3v) is 2.41. The summed E-state index contributed by atoms with van der Waals surface area (Å²) in [5.74, 6) is -1.35. The lowest BCUT2D eigenvalue weighted by Gasteiger charge is -2.08. The Balaban J connectivity index is 3.28. The van der Waals surface area contributed by atoms with E-state index in [1.165, 1.54) is 12.1 Å². The molecule has 0 bridgehead atoms. The highest BCUT2D eigenvalue weighted by Gasteiger charge is 2.20. The van der Waals surface area contributed by atoms with Crippen molar-refractivity contribution < 1.29 is 19.4 Å². The number of rotatable bonds is 4. The highest BCUT2D eigenvalue weighted by Crippen LogP contribution is 2.28. The zero-order valence-electron chi connectivity index (χ0n) is 9.62. The summed E-state index contributed by atoms with van der Waals surface area (Å²) in [6.07, 6.45) is 0.218. The molecular formula is C12H13ClO4. The molecule has 0 radical (unpaired) electrons. The molecule has 0 saturated carbocycles. The van der Waals surface area contributed by atoms with Gasteiger partial charge < -0.3 is 9.84 Å². The van der Waals surface area contributed by atoms with E-state index in [0.717, 1.165) is 0 Å². The molecule has 0 heterocycles. The number of ketones is 1. The van der Waals surface area contributed by atoms with Crippen molar-refractivity contribution in [3.8, 4) is 5.75 Å². The number of benzene rings is 1. The zero-order chi connectivity index (χ0) is 13.0. The number of hydrogen-bond acceptors (Lipinski definition) is 4. The van der Waals surface area contributed by atoms with Crippen LogP contribution in [0.4, 0.5) is 0 Å². The molecule has 0 aliphatic carbocycles. The minimum absolute atomic E-state index is 0.0445. The molecule has 0 atom stereocenters. The molecule has 0 spiro atoms. The van der Waals surface area contributed by atoms with E-state index in [0.29, 0.717) is 0 Å². The number of phenolic OH excluding ortho intramolecular Hbond substituents is 1. The van der Waals surface area contributed by atoms with Crippen molar-refractivity contribution in [3.63, 3.8) is 0 Å². The van der Waals surface area contributed by atoms with E-state index >= 15 is 0 Å². The van der Waals surface area contributed by atoms with Crippen LogP contribution in [0.15, 0.2) is 12.1 Å². The molecule has 5 heteroatoms. The molecule has 0 amide bonds. The normalized spacial score (nSPS) is 10.1. The fourth-order valence-corrected chi connectivity index (χ4v) is 1.58. The number of hydrogen-bond donors (Lipinski definition) is 1. The topological polar surface area (TPSA) is 63.6 Å². The fourth-order valence-electron chi connectivity index (χ4n) is 1.37. The predicted molar refractivity (Wildman–Crippen MR) is 63.7 cm³/mol. The van der Waals surface area contributed by atoms with E-state index in [4.69, 9.17) is 16.3 Å². The van der Waals surface area contributed by atoms with Crippen LogP contribution in [0.1, 0.15) is 41.0 Å². The maximum Gasteiger partial charge on any atom is 0.341 e. The van der Waals surface area contributed by atoms with Gasteiger partial charge in [-0.05, 0) is 19.1 Å². The highest BCUT2D eigenvalue weighted by molar-refractivity contribution is 6.31. The fraction of sp³-hybridized carbons (Fsp3) is 0.333. The van der Waals surface area contributed by atoms with Gasteiger partial charge in [-0.2, -0.15) is 0 Å². The summed E-state index contributed by atoms with van der Waals surface area (Å²) in [6, 6.07) is 2.62. The number of carbonyl (C=O) groups is 2. The van der Waals surface area contributed by atoms with Gasteiger partial charge in [-0.3, -0.25) is 4.79 Å². The van der Waals surface area contributed by atoms with Crippen LogP contribution >= 0.6 is 11.6 Å². The molecule has 1 N–H and O–H groups in total. The van der Waals surface area contributed by atoms with Crippen molar-refractivity contribution in [1.82, 2.24) is 0 Å². The maximum absolute atomic E-state index is 11.5. The molecule has 0 aliphatic heterocycles. The Bertz CT molecular complexity index is 454. The van der Waals surface area contributed by atoms with Crippen LogP contribution in [0.5, 0.6) is 5.75 Å². The van der Waals surface area contributed by atoms with Crippen LogP contribution in [0, 0.1) is 0 Å². The second-order valence-electron chi connectivity index (χ2n) is 3.35. The summed E-state index contributed by atoms with van der Waals surface area (Å²) in [5.41, 5.74) is -0.0424. The Kier molecular flexibility index (Phi) is 4.52. The summed E-state index contributed by atoms with van der Waals surface area (Å²) >= 11 is 5.80. The minimum Gasteiger partial charge on any atom is -0.506 e. The van der Waals surface area contributed by atoms with Crippen molar-refractivity contribution in [2.45, 2.75) is 20.3 Å². The number of phenols is 1. The average Bonchev–Trinajstić information content (AvgIpc) is 2.30. The smallest absolute Gasteiger partial charge is 0.341 e. The average molecular weight is 257 g/mol. The molecule has 0 unspecified atom stereocenters. The molecule has 17 heavy (non-hydrogen) atoms. The van der Waals surface area contributed by atoms with Gasteiger partial charge in [0.1, 0.15) is 11.3 Å². The van der Waals surface area contributed by atoms with Crippen LogP contribution in [0.25, 0.3) is 0 Å². The summed E-state index contributed by atoms with van der Waals surface area (Å²) in [6.45, 7) is 3.49. The number of aromatic hydroxyl groups is 1. The first-order valence-electron chi connectivity index (χ1n) is 5.24. The molecule has 1 aromatic rings. The largest absolute Gasteiger partial charge is 0.506 e. The highest BCUT2D eigenvalue weighted by atomic mass is 35.5. The molecule has 0 fully saturated rings. The van der Waals surface area contributed by atoms with Crippen LogP contribution in [0.3, 0.4) is 0 Å². The second-order valence-corrected chi connectivity index (χ2v) is 3.78. The summed E-state index contributed by atoms with van der Waals surface area (Å²) in [5, 5.41) is 10.0. The van der Waals surface area contributed by atoms with Gasteiger partial charge in [0.05, 0.1) is 12.2 Å². The van der Waals surface area contributed by atoms with Gasteiger partial charge in [-0.15, -0.1) is 0 Å². The summed E-state index contributed by atoms with van der Waals surface area (Å²) in [7, 11) is 0. The lowest BCUT2D eigenvalue weighted by Crippen LogP contribution is -2.08. The van der Waals surface area contributed by atoms with Crippen molar-refractivity contribution >= 4 is 23.4 Å². The van der Waals surface area contributed by atoms with E-state index in [1.807, 2.05) is 0 Å². The number of carbonyl (C=O) groups excluding carboxylic acids is 2. The molecule has 0 saturated heterocycles. The SMILES string of the molecule is CCOC(=O)c1cc(Cl)cc(C(=O)CC)c1O. The van der Waals surface area contributed by atoms with E-state index in [-0.39, 0.29) is 40.7 Å². The van der Waals surface area contributed by atoms with E-state index in [1.54, 1.807) is 13.8 Å². The first-order valence-corrected chi connectivity index (χ1v) is 5.61. The molecule has 0 aliphatic rings. The Morgan fingerprint density at radius 3 is 2.41 bits per heavy atom. The van der Waals surface area contributed by atoms with Gasteiger partial charge in [0.25, 0.3) is 0 Å². The standard InChI is InChI=1S/C12H13ClO4/c1-3-10(14)8-5-7(13)6-9(11(8)15)12(16)17-4-2/h5-6,15H,3-4H2,1-2H3. The van der Waals surface area contributed by atoms with Crippen LogP contribution in [-0.2, 0) is 4.74 Å². The van der Waals surface area contributed by atoms with Crippen molar-refractivity contribution in [1.29, 1.82) is 0 Å². The first-order chi connectivity index (χ1) is 8.01. The third kappa shape index (κ3) is 2.97. The Morgan fingerprint density at radius 2 is 1.88 bits per heavy atom. The molecule has 0 aromatic heterocycles. The predicted octanol–water partition coefficient (Wildman–Crippen LogP) is 2.82. The van der Waals surface area contributed by atoms with E-state index < -0.39 is 5.97 Å². The van der Waals surface area contributed by atoms with Crippen molar-refractivity contribution in [3.05, 3.63) is 28.3 Å². The van der Waals surface area contributed by atoms with Crippen LogP contribution < -0.4 is 0 Å². The van der Waals surface area contributed by atoms with Gasteiger partial charge in [0.2, 0.25) is 0 Å². The summed E-state index contributed by atoms with van der Waals surface area (Å²) < 4.78 is 4.76. The molecule has 92 valence electrons. The number of Topliss-reactive ketones (excluding diaryl/α,β-unsaturated/α-hetero) is 1. The van der Waals surface area contributed by atoms with Gasteiger partial charge >= 0.3 is 5.97 Å². The first kappa shape index (κ1) is 13.5. The van der Waals surface area contributed by atoms with E-state index in [9.17, 15) is 14.7 Å². The van der Waals surface area contributed by atoms with Crippen molar-refractivity contribution in [2.24, 2.45) is 0 Å². The molecule has 4 nitrogen and oxygen atoms in total. The second kappa shape index (κ2) is 5.68. The number of halogens is 1. The van der Waals surface area contributed by atoms with Gasteiger partial charge in [-0.25, -0.2) is 4.79 Å². The molecule has 1 aromatic carbocycles. The lowest BCUT2D eigenvalue weighted by atomic mass is 10.0. The van der Waals surface area contributed by atoms with Crippen LogP contribution in [-0.4, -0.2) is 23.5 Å². The number of esters is 1. The monoisotopic (exact) mass is 256 g/mol. The third-order valence-electron chi connectivity index (χ3n) is 2.19. The Hall–Kier alpha value is -1.55. The van der Waals surface area contributed by atoms with Gasteiger partial charge in [0, 0.05) is 11.4 Å². The minimum atomic E-state index is -0.697. The summed E-state index contributed by atoms with van der Waals surface area (Å²) in [4.78, 5) is 23.1. The Morgan fingerprint density at radius 1 is 1.29 bits per heavy atom. The Labute approximate surface area is 104 Å². The quantitative estimate of drug-likeness (QED) is 0.665. The van der Waals surface area contributed by atoms with Gasteiger partial charge in [-0.1, -0.05) is 18.5 Å². The van der Waals surface area contributed by atoms with Gasteiger partial charge in [0.15, 0.2) is 5.78 Å². The van der Waals surface area contributed by atoms with Crippen LogP contribution in [0.2, 0.25) is 5.02 Å². The lowest BCUT2D eigenvalue weighted by molar-refractivity contribution is 0.0523.